The van der Waals surface area contributed by atoms with E-state index in [-0.39, 0.29) is 6.03 Å². The molecule has 0 saturated carbocycles. The molecule has 3 aromatic rings. The van der Waals surface area contributed by atoms with Crippen LogP contribution in [0.3, 0.4) is 0 Å². The van der Waals surface area contributed by atoms with E-state index >= 15 is 0 Å². The maximum absolute atomic E-state index is 11.8. The van der Waals surface area contributed by atoms with Gasteiger partial charge in [-0.05, 0) is 30.3 Å². The summed E-state index contributed by atoms with van der Waals surface area (Å²) >= 11 is 0. The van der Waals surface area contributed by atoms with E-state index in [1.807, 2.05) is 36.5 Å². The Morgan fingerprint density at radius 1 is 1.11 bits per heavy atom. The highest BCUT2D eigenvalue weighted by atomic mass is 16.2. The second kappa shape index (κ2) is 4.77. The van der Waals surface area contributed by atoms with Gasteiger partial charge in [0.1, 0.15) is 6.33 Å². The number of anilines is 1. The van der Waals surface area contributed by atoms with Crippen molar-refractivity contribution in [1.29, 1.82) is 0 Å². The molecule has 6 heteroatoms. The zero-order valence-corrected chi connectivity index (χ0v) is 9.97. The Bertz CT molecular complexity index is 656. The molecule has 0 spiro atoms. The lowest BCUT2D eigenvalue weighted by Gasteiger charge is -2.06. The maximum atomic E-state index is 11.8. The molecular weight excluding hydrogens is 242 g/mol. The van der Waals surface area contributed by atoms with Crippen LogP contribution in [0.1, 0.15) is 0 Å². The summed E-state index contributed by atoms with van der Waals surface area (Å²) in [5.41, 5.74) is 1.65. The van der Waals surface area contributed by atoms with E-state index in [0.29, 0.717) is 0 Å². The topological polar surface area (TPSA) is 64.7 Å². The monoisotopic (exact) mass is 253 g/mol. The van der Waals surface area contributed by atoms with Crippen molar-refractivity contribution in [1.82, 2.24) is 19.3 Å². The minimum Gasteiger partial charge on any atom is -0.307 e. The van der Waals surface area contributed by atoms with Gasteiger partial charge < -0.3 is 5.32 Å². The predicted molar refractivity (Wildman–Crippen MR) is 70.2 cm³/mol. The van der Waals surface area contributed by atoms with E-state index in [2.05, 4.69) is 15.4 Å². The van der Waals surface area contributed by atoms with E-state index in [9.17, 15) is 4.79 Å². The smallest absolute Gasteiger partial charge is 0.307 e. The van der Waals surface area contributed by atoms with Gasteiger partial charge in [0.25, 0.3) is 0 Å². The molecule has 0 atom stereocenters. The summed E-state index contributed by atoms with van der Waals surface area (Å²) in [5.74, 6) is 0. The largest absolute Gasteiger partial charge is 0.331 e. The molecule has 0 fully saturated rings. The summed E-state index contributed by atoms with van der Waals surface area (Å²) in [6.45, 7) is 0. The summed E-state index contributed by atoms with van der Waals surface area (Å²) in [6.07, 6.45) is 8.18. The Kier molecular flexibility index (Phi) is 2.82. The molecule has 94 valence electrons. The zero-order chi connectivity index (χ0) is 13.1. The minimum atomic E-state index is -0.246. The molecule has 1 N–H and O–H groups in total. The average Bonchev–Trinajstić information content (AvgIpc) is 3.13. The average molecular weight is 253 g/mol. The fourth-order valence-corrected chi connectivity index (χ4v) is 1.69. The van der Waals surface area contributed by atoms with Crippen LogP contribution in [0.25, 0.3) is 5.69 Å². The first-order valence-corrected chi connectivity index (χ1v) is 5.72. The third kappa shape index (κ3) is 2.37. The van der Waals surface area contributed by atoms with Gasteiger partial charge in [0.15, 0.2) is 0 Å². The molecule has 2 aromatic heterocycles. The quantitative estimate of drug-likeness (QED) is 0.761. The summed E-state index contributed by atoms with van der Waals surface area (Å²) in [4.78, 5) is 15.6. The first-order valence-electron chi connectivity index (χ1n) is 5.72. The standard InChI is InChI=1S/C13H11N5O/c19-13(17-9-7-14-10-17)16-11-2-4-12(5-3-11)18-8-1-6-15-18/h1-10H,(H,16,19). The van der Waals surface area contributed by atoms with Crippen LogP contribution in [0.4, 0.5) is 10.5 Å². The molecule has 0 aliphatic heterocycles. The normalized spacial score (nSPS) is 10.3. The Labute approximate surface area is 109 Å². The fourth-order valence-electron chi connectivity index (χ4n) is 1.69. The molecule has 1 aromatic carbocycles. The molecule has 0 unspecified atom stereocenters. The van der Waals surface area contributed by atoms with Crippen LogP contribution in [-0.2, 0) is 0 Å². The molecule has 2 heterocycles. The van der Waals surface area contributed by atoms with Crippen molar-refractivity contribution in [2.24, 2.45) is 0 Å². The van der Waals surface area contributed by atoms with Crippen LogP contribution in [0.15, 0.2) is 61.4 Å². The minimum absolute atomic E-state index is 0.246. The zero-order valence-electron chi connectivity index (χ0n) is 9.97. The highest BCUT2D eigenvalue weighted by molar-refractivity contribution is 5.90. The van der Waals surface area contributed by atoms with Gasteiger partial charge in [0.2, 0.25) is 0 Å². The van der Waals surface area contributed by atoms with Crippen molar-refractivity contribution >= 4 is 11.7 Å². The highest BCUT2D eigenvalue weighted by Gasteiger charge is 2.04. The van der Waals surface area contributed by atoms with Gasteiger partial charge in [-0.25, -0.2) is 14.5 Å². The maximum Gasteiger partial charge on any atom is 0.331 e. The first kappa shape index (κ1) is 11.2. The Balaban J connectivity index is 1.75. The van der Waals surface area contributed by atoms with E-state index in [1.165, 1.54) is 10.9 Å². The second-order valence-corrected chi connectivity index (χ2v) is 3.90. The van der Waals surface area contributed by atoms with Crippen LogP contribution in [0.5, 0.6) is 0 Å². The van der Waals surface area contributed by atoms with E-state index in [0.717, 1.165) is 11.4 Å². The Morgan fingerprint density at radius 2 is 1.95 bits per heavy atom. The number of nitrogens with one attached hydrogen (secondary N) is 1. The van der Waals surface area contributed by atoms with Crippen LogP contribution in [0.2, 0.25) is 0 Å². The third-order valence-corrected chi connectivity index (χ3v) is 2.63. The van der Waals surface area contributed by atoms with Gasteiger partial charge in [-0.3, -0.25) is 4.57 Å². The van der Waals surface area contributed by atoms with Gasteiger partial charge in [-0.15, -0.1) is 0 Å². The number of nitrogens with zero attached hydrogens (tertiary/aromatic N) is 4. The Morgan fingerprint density at radius 3 is 2.58 bits per heavy atom. The van der Waals surface area contributed by atoms with E-state index in [4.69, 9.17) is 0 Å². The number of hydrogen-bond acceptors (Lipinski definition) is 3. The van der Waals surface area contributed by atoms with E-state index < -0.39 is 0 Å². The number of amides is 1. The third-order valence-electron chi connectivity index (χ3n) is 2.63. The van der Waals surface area contributed by atoms with Crippen molar-refractivity contribution in [3.8, 4) is 5.69 Å². The van der Waals surface area contributed by atoms with Crippen molar-refractivity contribution in [2.75, 3.05) is 5.32 Å². The summed E-state index contributed by atoms with van der Waals surface area (Å²) in [5, 5.41) is 6.91. The van der Waals surface area contributed by atoms with Crippen molar-refractivity contribution in [3.63, 3.8) is 0 Å². The van der Waals surface area contributed by atoms with Gasteiger partial charge in [0, 0.05) is 30.5 Å². The SMILES string of the molecule is O=C(Nc1ccc(-n2cccn2)cc1)n1ccnc1. The van der Waals surface area contributed by atoms with Crippen LogP contribution in [-0.4, -0.2) is 25.4 Å². The summed E-state index contributed by atoms with van der Waals surface area (Å²) in [7, 11) is 0. The molecular formula is C13H11N5O. The van der Waals surface area contributed by atoms with Crippen molar-refractivity contribution in [2.45, 2.75) is 0 Å². The van der Waals surface area contributed by atoms with Gasteiger partial charge in [-0.2, -0.15) is 5.10 Å². The predicted octanol–water partition coefficient (Wildman–Crippen LogP) is 2.15. The van der Waals surface area contributed by atoms with E-state index in [1.54, 1.807) is 23.3 Å². The molecule has 0 bridgehead atoms. The number of benzene rings is 1. The Hall–Kier alpha value is -2.89. The van der Waals surface area contributed by atoms with Gasteiger partial charge in [0.05, 0.1) is 5.69 Å². The number of aromatic nitrogens is 4. The number of hydrogen-bond donors (Lipinski definition) is 1. The van der Waals surface area contributed by atoms with Crippen molar-refractivity contribution < 1.29 is 4.79 Å². The van der Waals surface area contributed by atoms with Crippen LogP contribution >= 0.6 is 0 Å². The molecule has 3 rings (SSSR count). The molecule has 0 radical (unpaired) electrons. The lowest BCUT2D eigenvalue weighted by atomic mass is 10.3. The second-order valence-electron chi connectivity index (χ2n) is 3.90. The van der Waals surface area contributed by atoms with Crippen LogP contribution < -0.4 is 5.32 Å². The summed E-state index contributed by atoms with van der Waals surface area (Å²) in [6, 6.07) is 9.03. The van der Waals surface area contributed by atoms with Crippen LogP contribution in [0, 0.1) is 0 Å². The van der Waals surface area contributed by atoms with Crippen molar-refractivity contribution in [3.05, 3.63) is 61.4 Å². The number of carbonyl (C=O) groups is 1. The number of rotatable bonds is 2. The summed E-state index contributed by atoms with van der Waals surface area (Å²) < 4.78 is 3.13. The molecule has 6 nitrogen and oxygen atoms in total. The lowest BCUT2D eigenvalue weighted by molar-refractivity contribution is 0.253. The lowest BCUT2D eigenvalue weighted by Crippen LogP contribution is -2.17. The molecule has 19 heavy (non-hydrogen) atoms. The molecule has 1 amide bonds. The van der Waals surface area contributed by atoms with Gasteiger partial charge >= 0.3 is 6.03 Å². The van der Waals surface area contributed by atoms with Gasteiger partial charge in [-0.1, -0.05) is 0 Å². The highest BCUT2D eigenvalue weighted by Crippen LogP contribution is 2.12. The fraction of sp³-hybridized carbons (Fsp3) is 0. The first-order chi connectivity index (χ1) is 9.33. The molecule has 0 saturated heterocycles. The molecule has 0 aliphatic carbocycles. The number of imidazole rings is 1. The molecule has 0 aliphatic rings. The number of carbonyl (C=O) groups excluding carboxylic acids is 1.